The molecule has 2 aliphatic heterocycles. The van der Waals surface area contributed by atoms with E-state index in [9.17, 15) is 0 Å². The summed E-state index contributed by atoms with van der Waals surface area (Å²) in [4.78, 5) is 8.76. The van der Waals surface area contributed by atoms with E-state index in [0.29, 0.717) is 5.92 Å². The molecule has 2 aliphatic rings. The van der Waals surface area contributed by atoms with E-state index in [-0.39, 0.29) is 11.6 Å². The van der Waals surface area contributed by atoms with Crippen molar-refractivity contribution < 1.29 is 9.47 Å². The molecule has 1 spiro atoms. The highest BCUT2D eigenvalue weighted by molar-refractivity contribution is 5.06. The van der Waals surface area contributed by atoms with Crippen LogP contribution in [-0.2, 0) is 9.47 Å². The maximum atomic E-state index is 6.06. The van der Waals surface area contributed by atoms with Crippen molar-refractivity contribution in [2.24, 2.45) is 5.92 Å². The molecule has 3 rings (SSSR count). The van der Waals surface area contributed by atoms with Crippen molar-refractivity contribution >= 4 is 0 Å². The number of aromatic nitrogens is 2. The molecule has 21 heavy (non-hydrogen) atoms. The lowest BCUT2D eigenvalue weighted by atomic mass is 9.80. The molecular weight excluding hydrogens is 266 g/mol. The number of ether oxygens (including phenoxy) is 2. The minimum absolute atomic E-state index is 0.0583. The Labute approximate surface area is 126 Å². The predicted octanol–water partition coefficient (Wildman–Crippen LogP) is 2.10. The van der Waals surface area contributed by atoms with Gasteiger partial charge in [0.1, 0.15) is 0 Å². The van der Waals surface area contributed by atoms with Gasteiger partial charge in [-0.1, -0.05) is 6.92 Å². The number of nitrogens with zero attached hydrogens (tertiary/aromatic N) is 2. The minimum atomic E-state index is -0.0583. The van der Waals surface area contributed by atoms with Crippen molar-refractivity contribution in [2.75, 3.05) is 26.4 Å². The molecule has 0 amide bonds. The van der Waals surface area contributed by atoms with E-state index in [2.05, 4.69) is 22.2 Å². The first-order valence-corrected chi connectivity index (χ1v) is 8.04. The maximum Gasteiger partial charge on any atom is 0.0940 e. The van der Waals surface area contributed by atoms with Gasteiger partial charge in [-0.05, 0) is 31.7 Å². The van der Waals surface area contributed by atoms with Gasteiger partial charge in [0.2, 0.25) is 0 Å². The number of nitrogens with one attached hydrogen (secondary N) is 1. The minimum Gasteiger partial charge on any atom is -0.378 e. The quantitative estimate of drug-likeness (QED) is 0.900. The Balaban J connectivity index is 1.75. The van der Waals surface area contributed by atoms with Crippen LogP contribution in [0.25, 0.3) is 0 Å². The monoisotopic (exact) mass is 291 g/mol. The van der Waals surface area contributed by atoms with Crippen molar-refractivity contribution in [3.63, 3.8) is 0 Å². The second-order valence-electron chi connectivity index (χ2n) is 6.15. The van der Waals surface area contributed by atoms with Crippen LogP contribution in [-0.4, -0.2) is 41.9 Å². The van der Waals surface area contributed by atoms with Gasteiger partial charge < -0.3 is 14.8 Å². The van der Waals surface area contributed by atoms with Crippen molar-refractivity contribution in [1.82, 2.24) is 15.3 Å². The largest absolute Gasteiger partial charge is 0.378 e. The fourth-order valence-electron chi connectivity index (χ4n) is 3.50. The summed E-state index contributed by atoms with van der Waals surface area (Å²) in [6.45, 7) is 5.58. The van der Waals surface area contributed by atoms with Gasteiger partial charge in [-0.15, -0.1) is 0 Å². The second kappa shape index (κ2) is 6.81. The Morgan fingerprint density at radius 3 is 3.10 bits per heavy atom. The summed E-state index contributed by atoms with van der Waals surface area (Å²) in [6, 6.07) is 0.264. The molecule has 0 aromatic carbocycles. The van der Waals surface area contributed by atoms with Crippen LogP contribution in [0.5, 0.6) is 0 Å². The molecule has 0 radical (unpaired) electrons. The normalized spacial score (nSPS) is 30.6. The van der Waals surface area contributed by atoms with Crippen LogP contribution in [0.3, 0.4) is 0 Å². The zero-order valence-corrected chi connectivity index (χ0v) is 12.8. The van der Waals surface area contributed by atoms with Crippen LogP contribution >= 0.6 is 0 Å². The third-order valence-electron chi connectivity index (χ3n) is 4.59. The van der Waals surface area contributed by atoms with Crippen LogP contribution in [0.2, 0.25) is 0 Å². The molecule has 1 N–H and O–H groups in total. The molecule has 2 fully saturated rings. The van der Waals surface area contributed by atoms with E-state index in [1.54, 1.807) is 12.4 Å². The molecule has 2 saturated heterocycles. The van der Waals surface area contributed by atoms with Gasteiger partial charge in [0, 0.05) is 38.2 Å². The van der Waals surface area contributed by atoms with Gasteiger partial charge in [0.25, 0.3) is 0 Å². The van der Waals surface area contributed by atoms with Crippen LogP contribution < -0.4 is 5.32 Å². The first-order valence-electron chi connectivity index (χ1n) is 8.04. The summed E-state index contributed by atoms with van der Waals surface area (Å²) in [7, 11) is 0. The summed E-state index contributed by atoms with van der Waals surface area (Å²) in [5.41, 5.74) is 0.990. The van der Waals surface area contributed by atoms with Crippen molar-refractivity contribution in [3.05, 3.63) is 24.3 Å². The predicted molar refractivity (Wildman–Crippen MR) is 79.9 cm³/mol. The molecular formula is C16H25N3O2. The zero-order valence-electron chi connectivity index (χ0n) is 12.8. The molecule has 0 saturated carbocycles. The van der Waals surface area contributed by atoms with E-state index >= 15 is 0 Å². The Morgan fingerprint density at radius 1 is 1.43 bits per heavy atom. The lowest BCUT2D eigenvalue weighted by Gasteiger charge is -2.40. The van der Waals surface area contributed by atoms with E-state index < -0.39 is 0 Å². The molecule has 5 nitrogen and oxygen atoms in total. The van der Waals surface area contributed by atoms with Gasteiger partial charge in [0.05, 0.1) is 23.9 Å². The fourth-order valence-corrected chi connectivity index (χ4v) is 3.50. The van der Waals surface area contributed by atoms with Gasteiger partial charge in [0.15, 0.2) is 0 Å². The van der Waals surface area contributed by atoms with E-state index in [0.717, 1.165) is 57.7 Å². The summed E-state index contributed by atoms with van der Waals surface area (Å²) in [5, 5.41) is 3.66. The van der Waals surface area contributed by atoms with Crippen molar-refractivity contribution in [3.8, 4) is 0 Å². The number of hydrogen-bond donors (Lipinski definition) is 1. The van der Waals surface area contributed by atoms with Gasteiger partial charge in [-0.25, -0.2) is 0 Å². The molecule has 3 heterocycles. The summed E-state index contributed by atoms with van der Waals surface area (Å²) in [5.74, 6) is 0.531. The van der Waals surface area contributed by atoms with Gasteiger partial charge in [-0.2, -0.15) is 0 Å². The molecule has 3 atom stereocenters. The topological polar surface area (TPSA) is 56.3 Å². The van der Waals surface area contributed by atoms with Crippen molar-refractivity contribution in [1.29, 1.82) is 0 Å². The maximum absolute atomic E-state index is 6.06. The molecule has 3 unspecified atom stereocenters. The van der Waals surface area contributed by atoms with Crippen LogP contribution in [0.15, 0.2) is 18.6 Å². The molecule has 1 aromatic rings. The molecule has 0 bridgehead atoms. The summed E-state index contributed by atoms with van der Waals surface area (Å²) < 4.78 is 11.6. The third-order valence-corrected chi connectivity index (χ3v) is 4.59. The van der Waals surface area contributed by atoms with Gasteiger partial charge >= 0.3 is 0 Å². The van der Waals surface area contributed by atoms with Gasteiger partial charge in [-0.3, -0.25) is 9.97 Å². The fraction of sp³-hybridized carbons (Fsp3) is 0.750. The third kappa shape index (κ3) is 3.42. The standard InChI is InChI=1S/C16H25N3O2/c1-2-5-19-15(14-11-17-6-7-18-14)13-3-8-21-16(10-13)4-9-20-12-16/h6-7,11,13,15,19H,2-5,8-10,12H2,1H3. The van der Waals surface area contributed by atoms with E-state index in [4.69, 9.17) is 9.47 Å². The number of rotatable bonds is 5. The Bertz CT molecular complexity index is 434. The van der Waals surface area contributed by atoms with E-state index in [1.165, 1.54) is 0 Å². The molecule has 5 heteroatoms. The first kappa shape index (κ1) is 14.9. The Morgan fingerprint density at radius 2 is 2.38 bits per heavy atom. The lowest BCUT2D eigenvalue weighted by molar-refractivity contribution is -0.103. The highest BCUT2D eigenvalue weighted by Crippen LogP contribution is 2.40. The van der Waals surface area contributed by atoms with Crippen LogP contribution in [0.4, 0.5) is 0 Å². The highest BCUT2D eigenvalue weighted by atomic mass is 16.6. The lowest BCUT2D eigenvalue weighted by Crippen LogP contribution is -2.44. The number of hydrogen-bond acceptors (Lipinski definition) is 5. The average molecular weight is 291 g/mol. The van der Waals surface area contributed by atoms with E-state index in [1.807, 2.05) is 6.20 Å². The SMILES string of the molecule is CCCNC(c1cnccn1)C1CCOC2(CCOC2)C1. The van der Waals surface area contributed by atoms with Crippen LogP contribution in [0, 0.1) is 5.92 Å². The molecule has 0 aliphatic carbocycles. The highest BCUT2D eigenvalue weighted by Gasteiger charge is 2.43. The van der Waals surface area contributed by atoms with Crippen LogP contribution in [0.1, 0.15) is 44.3 Å². The Hall–Kier alpha value is -1.04. The molecule has 1 aromatic heterocycles. The smallest absolute Gasteiger partial charge is 0.0940 e. The zero-order chi connectivity index (χ0) is 14.5. The summed E-state index contributed by atoms with van der Waals surface area (Å²) in [6.07, 6.45) is 9.66. The molecule has 116 valence electrons. The second-order valence-corrected chi connectivity index (χ2v) is 6.15. The Kier molecular flexibility index (Phi) is 4.83. The first-order chi connectivity index (χ1) is 10.3. The van der Waals surface area contributed by atoms with Crippen molar-refractivity contribution in [2.45, 2.75) is 44.2 Å². The average Bonchev–Trinajstić information content (AvgIpc) is 2.97. The summed E-state index contributed by atoms with van der Waals surface area (Å²) >= 11 is 0.